The number of rotatable bonds is 13. The van der Waals surface area contributed by atoms with Gasteiger partial charge in [-0.2, -0.15) is 0 Å². The minimum Gasteiger partial charge on any atom is -0.497 e. The number of nitrogens with zero attached hydrogens (tertiary/aromatic N) is 1. The normalized spacial score (nSPS) is 11.5. The molecule has 3 aromatic rings. The van der Waals surface area contributed by atoms with Gasteiger partial charge in [0.2, 0.25) is 5.91 Å². The Kier molecular flexibility index (Phi) is 10.6. The lowest BCUT2D eigenvalue weighted by atomic mass is 10.0. The van der Waals surface area contributed by atoms with Crippen LogP contribution in [0.5, 0.6) is 11.5 Å². The van der Waals surface area contributed by atoms with E-state index in [4.69, 9.17) is 9.47 Å². The van der Waals surface area contributed by atoms with E-state index in [1.807, 2.05) is 86.6 Å². The first-order valence-corrected chi connectivity index (χ1v) is 12.8. The number of amides is 2. The molecule has 6 nitrogen and oxygen atoms in total. The molecule has 0 spiro atoms. The van der Waals surface area contributed by atoms with Crippen molar-refractivity contribution in [2.24, 2.45) is 0 Å². The topological polar surface area (TPSA) is 67.9 Å². The molecule has 0 aliphatic carbocycles. The molecular weight excluding hydrogens is 464 g/mol. The van der Waals surface area contributed by atoms with E-state index in [0.29, 0.717) is 24.5 Å². The maximum atomic E-state index is 13.7. The molecule has 3 rings (SSSR count). The van der Waals surface area contributed by atoms with Crippen LogP contribution in [0.3, 0.4) is 0 Å². The van der Waals surface area contributed by atoms with Crippen LogP contribution in [0.2, 0.25) is 0 Å². The summed E-state index contributed by atoms with van der Waals surface area (Å²) in [5.74, 6) is 0.935. The molecule has 0 aliphatic rings. The Labute approximate surface area is 220 Å². The maximum Gasteiger partial charge on any atom is 0.261 e. The van der Waals surface area contributed by atoms with Crippen LogP contribution in [0, 0.1) is 13.8 Å². The molecule has 6 heteroatoms. The van der Waals surface area contributed by atoms with Crippen molar-refractivity contribution in [1.82, 2.24) is 10.2 Å². The van der Waals surface area contributed by atoms with Crippen LogP contribution in [-0.2, 0) is 22.6 Å². The Morgan fingerprint density at radius 1 is 0.946 bits per heavy atom. The van der Waals surface area contributed by atoms with Crippen molar-refractivity contribution in [3.05, 3.63) is 95.1 Å². The lowest BCUT2D eigenvalue weighted by Gasteiger charge is -2.31. The minimum atomic E-state index is -0.694. The third-order valence-electron chi connectivity index (χ3n) is 6.27. The predicted molar refractivity (Wildman–Crippen MR) is 147 cm³/mol. The Morgan fingerprint density at radius 3 is 2.41 bits per heavy atom. The molecule has 0 aromatic heterocycles. The first-order chi connectivity index (χ1) is 17.9. The molecule has 3 aromatic carbocycles. The predicted octanol–water partition coefficient (Wildman–Crippen LogP) is 5.25. The van der Waals surface area contributed by atoms with Crippen molar-refractivity contribution in [2.75, 3.05) is 20.3 Å². The summed E-state index contributed by atoms with van der Waals surface area (Å²) in [4.78, 5) is 28.8. The number of carbonyl (C=O) groups excluding carboxylic acids is 2. The highest BCUT2D eigenvalue weighted by atomic mass is 16.5. The molecule has 0 unspecified atom stereocenters. The fraction of sp³-hybridized carbons (Fsp3) is 0.355. The molecule has 0 fully saturated rings. The number of aryl methyl sites for hydroxylation is 2. The average molecular weight is 503 g/mol. The number of nitrogens with one attached hydrogen (secondary N) is 1. The lowest BCUT2D eigenvalue weighted by Crippen LogP contribution is -2.51. The Bertz CT molecular complexity index is 1160. The summed E-state index contributed by atoms with van der Waals surface area (Å²) in [5, 5.41) is 3.04. The van der Waals surface area contributed by atoms with Gasteiger partial charge in [-0.3, -0.25) is 9.59 Å². The molecule has 2 amide bonds. The second-order valence-electron chi connectivity index (χ2n) is 9.28. The summed E-state index contributed by atoms with van der Waals surface area (Å²) in [6.45, 7) is 6.72. The van der Waals surface area contributed by atoms with Crippen molar-refractivity contribution < 1.29 is 19.1 Å². The molecular formula is C31H38N2O4. The number of benzene rings is 3. The van der Waals surface area contributed by atoms with Crippen molar-refractivity contribution in [3.63, 3.8) is 0 Å². The number of methoxy groups -OCH3 is 1. The first-order valence-electron chi connectivity index (χ1n) is 12.8. The lowest BCUT2D eigenvalue weighted by molar-refractivity contribution is -0.142. The molecule has 196 valence electrons. The Hall–Kier alpha value is -3.80. The molecule has 0 bridgehead atoms. The molecule has 0 saturated carbocycles. The van der Waals surface area contributed by atoms with E-state index in [9.17, 15) is 9.59 Å². The van der Waals surface area contributed by atoms with Crippen LogP contribution in [0.25, 0.3) is 0 Å². The van der Waals surface area contributed by atoms with E-state index in [2.05, 4.69) is 12.2 Å². The van der Waals surface area contributed by atoms with Gasteiger partial charge in [-0.15, -0.1) is 0 Å². The summed E-state index contributed by atoms with van der Waals surface area (Å²) in [6.07, 6.45) is 2.25. The van der Waals surface area contributed by atoms with Crippen molar-refractivity contribution in [2.45, 2.75) is 52.6 Å². The van der Waals surface area contributed by atoms with Gasteiger partial charge in [0.1, 0.15) is 17.5 Å². The van der Waals surface area contributed by atoms with Crippen molar-refractivity contribution in [1.29, 1.82) is 0 Å². The zero-order valence-electron chi connectivity index (χ0n) is 22.3. The Balaban J connectivity index is 1.91. The Morgan fingerprint density at radius 2 is 1.70 bits per heavy atom. The summed E-state index contributed by atoms with van der Waals surface area (Å²) in [5.41, 5.74) is 3.95. The number of unbranched alkanes of at least 4 members (excludes halogenated alkanes) is 1. The van der Waals surface area contributed by atoms with Gasteiger partial charge in [-0.1, -0.05) is 73.5 Å². The van der Waals surface area contributed by atoms with Crippen LogP contribution >= 0.6 is 0 Å². The standard InChI is InChI=1S/C31H38N2O4/c1-5-6-17-32-31(35)28(20-25-11-8-7-9-12-25)33(21-26-13-10-14-27(19-26)36-4)30(34)22-37-29-16-15-23(2)18-24(29)3/h7-16,18-19,28H,5-6,17,20-22H2,1-4H3,(H,32,35)/t28-/m0/s1. The zero-order chi connectivity index (χ0) is 26.6. The van der Waals surface area contributed by atoms with Gasteiger partial charge in [0.15, 0.2) is 6.61 Å². The monoisotopic (exact) mass is 502 g/mol. The first kappa shape index (κ1) is 27.8. The van der Waals surface area contributed by atoms with Gasteiger partial charge >= 0.3 is 0 Å². The highest BCUT2D eigenvalue weighted by Crippen LogP contribution is 2.21. The largest absolute Gasteiger partial charge is 0.497 e. The quantitative estimate of drug-likeness (QED) is 0.324. The molecule has 1 N–H and O–H groups in total. The van der Waals surface area contributed by atoms with Crippen molar-refractivity contribution >= 4 is 11.8 Å². The number of hydrogen-bond donors (Lipinski definition) is 1. The molecule has 0 saturated heterocycles. The van der Waals surface area contributed by atoms with E-state index in [0.717, 1.165) is 35.1 Å². The fourth-order valence-electron chi connectivity index (χ4n) is 4.21. The van der Waals surface area contributed by atoms with Gasteiger partial charge in [0, 0.05) is 19.5 Å². The summed E-state index contributed by atoms with van der Waals surface area (Å²) >= 11 is 0. The third kappa shape index (κ3) is 8.38. The summed E-state index contributed by atoms with van der Waals surface area (Å²) in [7, 11) is 1.61. The smallest absolute Gasteiger partial charge is 0.261 e. The number of carbonyl (C=O) groups is 2. The number of hydrogen-bond acceptors (Lipinski definition) is 4. The maximum absolute atomic E-state index is 13.7. The van der Waals surface area contributed by atoms with Crippen LogP contribution in [0.1, 0.15) is 42.0 Å². The molecule has 0 aliphatic heterocycles. The molecule has 1 atom stereocenters. The van der Waals surface area contributed by atoms with Gasteiger partial charge in [0.25, 0.3) is 5.91 Å². The van der Waals surface area contributed by atoms with Gasteiger partial charge in [-0.25, -0.2) is 0 Å². The average Bonchev–Trinajstić information content (AvgIpc) is 2.90. The minimum absolute atomic E-state index is 0.165. The zero-order valence-corrected chi connectivity index (χ0v) is 22.3. The summed E-state index contributed by atoms with van der Waals surface area (Å²) in [6, 6.07) is 22.5. The summed E-state index contributed by atoms with van der Waals surface area (Å²) < 4.78 is 11.3. The second kappa shape index (κ2) is 14.1. The molecule has 0 heterocycles. The molecule has 37 heavy (non-hydrogen) atoms. The van der Waals surface area contributed by atoms with E-state index < -0.39 is 6.04 Å². The van der Waals surface area contributed by atoms with Crippen LogP contribution < -0.4 is 14.8 Å². The van der Waals surface area contributed by atoms with Gasteiger partial charge in [-0.05, 0) is 55.2 Å². The highest BCUT2D eigenvalue weighted by Gasteiger charge is 2.30. The number of ether oxygens (including phenoxy) is 2. The van der Waals surface area contributed by atoms with Crippen molar-refractivity contribution in [3.8, 4) is 11.5 Å². The third-order valence-corrected chi connectivity index (χ3v) is 6.27. The second-order valence-corrected chi connectivity index (χ2v) is 9.28. The van der Waals surface area contributed by atoms with E-state index >= 15 is 0 Å². The van der Waals surface area contributed by atoms with Crippen LogP contribution in [-0.4, -0.2) is 43.0 Å². The van der Waals surface area contributed by atoms with Gasteiger partial charge < -0.3 is 19.7 Å². The van der Waals surface area contributed by atoms with E-state index in [-0.39, 0.29) is 25.0 Å². The van der Waals surface area contributed by atoms with E-state index in [1.54, 1.807) is 12.0 Å². The fourth-order valence-corrected chi connectivity index (χ4v) is 4.21. The van der Waals surface area contributed by atoms with Crippen LogP contribution in [0.4, 0.5) is 0 Å². The molecule has 0 radical (unpaired) electrons. The van der Waals surface area contributed by atoms with Crippen LogP contribution in [0.15, 0.2) is 72.8 Å². The SMILES string of the molecule is CCCCNC(=O)[C@H](Cc1ccccc1)N(Cc1cccc(OC)c1)C(=O)COc1ccc(C)cc1C. The van der Waals surface area contributed by atoms with Gasteiger partial charge in [0.05, 0.1) is 7.11 Å². The van der Waals surface area contributed by atoms with E-state index in [1.165, 1.54) is 0 Å². The highest BCUT2D eigenvalue weighted by molar-refractivity contribution is 5.88.